The molecular formula is C10H14O. The Labute approximate surface area is 67.7 Å². The molecule has 0 amide bonds. The van der Waals surface area contributed by atoms with Crippen molar-refractivity contribution in [2.75, 3.05) is 0 Å². The van der Waals surface area contributed by atoms with Gasteiger partial charge in [0.2, 0.25) is 0 Å². The summed E-state index contributed by atoms with van der Waals surface area (Å²) in [5, 5.41) is 0. The second kappa shape index (κ2) is 2.40. The average Bonchev–Trinajstić information content (AvgIpc) is 2.30. The summed E-state index contributed by atoms with van der Waals surface area (Å²) in [6, 6.07) is 0. The van der Waals surface area contributed by atoms with Gasteiger partial charge in [0.05, 0.1) is 0 Å². The van der Waals surface area contributed by atoms with Gasteiger partial charge in [0.1, 0.15) is 11.9 Å². The highest BCUT2D eigenvalue weighted by Crippen LogP contribution is 2.37. The summed E-state index contributed by atoms with van der Waals surface area (Å²) in [5.41, 5.74) is 1.43. The number of ether oxygens (including phenoxy) is 1. The predicted octanol–water partition coefficient (Wildman–Crippen LogP) is 2.65. The molecule has 1 heteroatoms. The first-order valence-electron chi connectivity index (χ1n) is 4.36. The van der Waals surface area contributed by atoms with Crippen molar-refractivity contribution >= 4 is 0 Å². The minimum Gasteiger partial charge on any atom is -0.490 e. The lowest BCUT2D eigenvalue weighted by Crippen LogP contribution is -2.07. The normalized spacial score (nSPS) is 35.5. The van der Waals surface area contributed by atoms with Crippen LogP contribution in [0.5, 0.6) is 0 Å². The highest BCUT2D eigenvalue weighted by Gasteiger charge is 2.30. The third-order valence-electron chi connectivity index (χ3n) is 2.65. The van der Waals surface area contributed by atoms with Gasteiger partial charge in [-0.25, -0.2) is 0 Å². The van der Waals surface area contributed by atoms with Crippen molar-refractivity contribution in [1.82, 2.24) is 0 Å². The summed E-state index contributed by atoms with van der Waals surface area (Å²) in [4.78, 5) is 0. The Morgan fingerprint density at radius 2 is 2.00 bits per heavy atom. The van der Waals surface area contributed by atoms with Gasteiger partial charge in [-0.15, -0.1) is 0 Å². The zero-order chi connectivity index (χ0) is 7.84. The predicted molar refractivity (Wildman–Crippen MR) is 45.1 cm³/mol. The minimum absolute atomic E-state index is 0.380. The first-order valence-corrected chi connectivity index (χ1v) is 4.36. The maximum atomic E-state index is 5.67. The lowest BCUT2D eigenvalue weighted by molar-refractivity contribution is 0.153. The molecule has 0 radical (unpaired) electrons. The van der Waals surface area contributed by atoms with Crippen LogP contribution in [0.4, 0.5) is 0 Å². The van der Waals surface area contributed by atoms with Crippen LogP contribution in [-0.4, -0.2) is 6.10 Å². The van der Waals surface area contributed by atoms with E-state index in [9.17, 15) is 0 Å². The zero-order valence-corrected chi connectivity index (χ0v) is 7.13. The third-order valence-corrected chi connectivity index (χ3v) is 2.65. The summed E-state index contributed by atoms with van der Waals surface area (Å²) in [5.74, 6) is 1.75. The van der Waals surface area contributed by atoms with E-state index in [4.69, 9.17) is 4.74 Å². The van der Waals surface area contributed by atoms with E-state index in [0.717, 1.165) is 12.2 Å². The summed E-state index contributed by atoms with van der Waals surface area (Å²) in [6.07, 6.45) is 7.27. The van der Waals surface area contributed by atoms with Gasteiger partial charge in [0.25, 0.3) is 0 Å². The van der Waals surface area contributed by atoms with Crippen LogP contribution in [-0.2, 0) is 4.74 Å². The Balaban J connectivity index is 2.31. The summed E-state index contributed by atoms with van der Waals surface area (Å²) in [7, 11) is 0. The molecule has 1 nitrogen and oxygen atoms in total. The van der Waals surface area contributed by atoms with Gasteiger partial charge in [0.15, 0.2) is 0 Å². The highest BCUT2D eigenvalue weighted by molar-refractivity contribution is 5.35. The van der Waals surface area contributed by atoms with Crippen LogP contribution in [0.25, 0.3) is 0 Å². The highest BCUT2D eigenvalue weighted by atomic mass is 16.5. The first kappa shape index (κ1) is 6.96. The maximum Gasteiger partial charge on any atom is 0.119 e. The molecule has 0 aromatic rings. The smallest absolute Gasteiger partial charge is 0.119 e. The molecule has 0 saturated carbocycles. The molecule has 1 fully saturated rings. The summed E-state index contributed by atoms with van der Waals surface area (Å²) >= 11 is 0. The van der Waals surface area contributed by atoms with Crippen molar-refractivity contribution in [2.45, 2.75) is 32.8 Å². The third kappa shape index (κ3) is 0.991. The van der Waals surface area contributed by atoms with E-state index >= 15 is 0 Å². The van der Waals surface area contributed by atoms with Crippen molar-refractivity contribution in [3.8, 4) is 0 Å². The largest absolute Gasteiger partial charge is 0.490 e. The number of hydrogen-bond acceptors (Lipinski definition) is 1. The van der Waals surface area contributed by atoms with Crippen LogP contribution in [0, 0.1) is 5.92 Å². The van der Waals surface area contributed by atoms with E-state index < -0.39 is 0 Å². The lowest BCUT2D eigenvalue weighted by Gasteiger charge is -2.06. The molecule has 0 aromatic carbocycles. The fourth-order valence-electron chi connectivity index (χ4n) is 1.75. The van der Waals surface area contributed by atoms with Crippen LogP contribution in [0.1, 0.15) is 26.7 Å². The van der Waals surface area contributed by atoms with E-state index in [-0.39, 0.29) is 0 Å². The molecule has 2 rings (SSSR count). The molecule has 60 valence electrons. The number of hydrogen-bond donors (Lipinski definition) is 0. The second-order valence-electron chi connectivity index (χ2n) is 3.42. The molecule has 2 unspecified atom stereocenters. The van der Waals surface area contributed by atoms with Gasteiger partial charge in [-0.1, -0.05) is 13.0 Å². The van der Waals surface area contributed by atoms with Gasteiger partial charge in [-0.3, -0.25) is 0 Å². The molecule has 0 spiro atoms. The molecule has 0 bridgehead atoms. The van der Waals surface area contributed by atoms with E-state index in [1.165, 1.54) is 12.0 Å². The second-order valence-corrected chi connectivity index (χ2v) is 3.42. The maximum absolute atomic E-state index is 5.67. The number of rotatable bonds is 0. The monoisotopic (exact) mass is 150 g/mol. The number of allylic oxidation sites excluding steroid dienone is 3. The van der Waals surface area contributed by atoms with Crippen LogP contribution in [0.15, 0.2) is 23.5 Å². The molecule has 1 heterocycles. The first-order chi connectivity index (χ1) is 5.29. The van der Waals surface area contributed by atoms with Crippen LogP contribution >= 0.6 is 0 Å². The molecule has 2 atom stereocenters. The molecule has 1 aliphatic heterocycles. The Kier molecular flexibility index (Phi) is 1.52. The van der Waals surface area contributed by atoms with Gasteiger partial charge in [-0.05, 0) is 31.4 Å². The van der Waals surface area contributed by atoms with E-state index in [2.05, 4.69) is 26.0 Å². The van der Waals surface area contributed by atoms with E-state index in [0.29, 0.717) is 12.0 Å². The Morgan fingerprint density at radius 3 is 2.73 bits per heavy atom. The standard InChI is InChI=1S/C10H14O/c1-7-8(2)11-10-6-4-3-5-9(7)10/h5-8H,3-4H2,1-2H3. The van der Waals surface area contributed by atoms with Gasteiger partial charge in [0, 0.05) is 5.92 Å². The Bertz CT molecular complexity index is 225. The van der Waals surface area contributed by atoms with Crippen molar-refractivity contribution < 1.29 is 4.74 Å². The van der Waals surface area contributed by atoms with Crippen molar-refractivity contribution in [3.05, 3.63) is 23.5 Å². The summed E-state index contributed by atoms with van der Waals surface area (Å²) < 4.78 is 5.67. The van der Waals surface area contributed by atoms with Gasteiger partial charge >= 0.3 is 0 Å². The quantitative estimate of drug-likeness (QED) is 0.516. The topological polar surface area (TPSA) is 9.23 Å². The molecule has 11 heavy (non-hydrogen) atoms. The van der Waals surface area contributed by atoms with Crippen LogP contribution < -0.4 is 0 Å². The summed E-state index contributed by atoms with van der Waals surface area (Å²) in [6.45, 7) is 4.38. The van der Waals surface area contributed by atoms with Crippen molar-refractivity contribution in [1.29, 1.82) is 0 Å². The molecule has 2 aliphatic rings. The Morgan fingerprint density at radius 1 is 1.27 bits per heavy atom. The zero-order valence-electron chi connectivity index (χ0n) is 7.13. The SMILES string of the molecule is CC1OC2=CCCC=C2C1C. The van der Waals surface area contributed by atoms with Gasteiger partial charge in [-0.2, -0.15) is 0 Å². The molecule has 1 aliphatic carbocycles. The lowest BCUT2D eigenvalue weighted by atomic mass is 9.94. The van der Waals surface area contributed by atoms with Crippen molar-refractivity contribution in [3.63, 3.8) is 0 Å². The number of fused-ring (bicyclic) bond motifs is 1. The van der Waals surface area contributed by atoms with Crippen molar-refractivity contribution in [2.24, 2.45) is 5.92 Å². The van der Waals surface area contributed by atoms with E-state index in [1.807, 2.05) is 0 Å². The molecule has 0 N–H and O–H groups in total. The fourth-order valence-corrected chi connectivity index (χ4v) is 1.75. The van der Waals surface area contributed by atoms with Gasteiger partial charge < -0.3 is 4.74 Å². The minimum atomic E-state index is 0.380. The average molecular weight is 150 g/mol. The molecule has 1 saturated heterocycles. The Hall–Kier alpha value is -0.720. The fraction of sp³-hybridized carbons (Fsp3) is 0.600. The van der Waals surface area contributed by atoms with Crippen LogP contribution in [0.3, 0.4) is 0 Å². The van der Waals surface area contributed by atoms with E-state index in [1.54, 1.807) is 0 Å². The molecular weight excluding hydrogens is 136 g/mol. The van der Waals surface area contributed by atoms with Crippen LogP contribution in [0.2, 0.25) is 0 Å². The molecule has 0 aromatic heterocycles.